The molecule has 0 bridgehead atoms. The van der Waals surface area contributed by atoms with Crippen LogP contribution in [-0.4, -0.2) is 163 Å². The second kappa shape index (κ2) is 35.1. The van der Waals surface area contributed by atoms with Crippen LogP contribution in [0.3, 0.4) is 0 Å². The van der Waals surface area contributed by atoms with E-state index in [9.17, 15) is 41.9 Å². The number of guanidine groups is 5. The van der Waals surface area contributed by atoms with Crippen molar-refractivity contribution in [2.24, 2.45) is 65.5 Å². The molecule has 11 aromatic rings. The first-order chi connectivity index (χ1) is 59.9. The molecule has 10 N–H and O–H groups in total. The summed E-state index contributed by atoms with van der Waals surface area (Å²) in [5.74, 6) is -1.64. The molecule has 6 amide bonds. The second-order valence-corrected chi connectivity index (χ2v) is 35.2. The summed E-state index contributed by atoms with van der Waals surface area (Å²) >= 11 is 6.28. The molecule has 1 saturated heterocycles. The fraction of sp³-hybridized carbons (Fsp3) is 0.283. The Hall–Kier alpha value is -13.8. The van der Waals surface area contributed by atoms with E-state index in [0.29, 0.717) is 35.2 Å². The number of pyridine rings is 1. The van der Waals surface area contributed by atoms with Crippen LogP contribution in [0.25, 0.3) is 55.5 Å². The van der Waals surface area contributed by atoms with E-state index >= 15 is 0 Å². The Kier molecular flexibility index (Phi) is 24.6. The lowest BCUT2D eigenvalue weighted by atomic mass is 9.77. The van der Waals surface area contributed by atoms with Gasteiger partial charge in [0.15, 0.2) is 40.9 Å². The lowest BCUT2D eigenvalue weighted by molar-refractivity contribution is -0.132. The Morgan fingerprint density at radius 3 is 1.87 bits per heavy atom. The van der Waals surface area contributed by atoms with Crippen molar-refractivity contribution in [3.8, 4) is 45.6 Å². The third-order valence-corrected chi connectivity index (χ3v) is 27.0. The first kappa shape index (κ1) is 88.5. The topological polar surface area (TPSA) is 413 Å². The monoisotopic (exact) mass is 1800 g/mol. The predicted octanol–water partition coefficient (Wildman–Crippen LogP) is 13.2. The quantitative estimate of drug-likeness (QED) is 0.0803. The van der Waals surface area contributed by atoms with Gasteiger partial charge in [-0.05, 0) is 208 Å². The number of hydrogen-bond acceptors (Lipinski definition) is 24. The Morgan fingerprint density at radius 2 is 1.22 bits per heavy atom. The molecule has 126 heavy (non-hydrogen) atoms. The average molecular weight is 1800 g/mol. The first-order valence-electron chi connectivity index (χ1n) is 40.1. The molecule has 5 aromatic heterocycles. The summed E-state index contributed by atoms with van der Waals surface area (Å²) < 4.78 is 47.2. The number of fused-ring (bicyclic) bond motifs is 2. The van der Waals surface area contributed by atoms with Gasteiger partial charge in [0.25, 0.3) is 17.7 Å². The Morgan fingerprint density at radius 1 is 0.587 bits per heavy atom. The zero-order chi connectivity index (χ0) is 90.4. The van der Waals surface area contributed by atoms with Crippen LogP contribution in [0.15, 0.2) is 215 Å². The van der Waals surface area contributed by atoms with Crippen molar-refractivity contribution in [1.82, 2.24) is 44.4 Å². The number of halogens is 4. The van der Waals surface area contributed by atoms with Crippen molar-refractivity contribution >= 4 is 126 Å². The van der Waals surface area contributed by atoms with Gasteiger partial charge >= 0.3 is 0 Å². The summed E-state index contributed by atoms with van der Waals surface area (Å²) in [5, 5.41) is 23.0. The third-order valence-electron chi connectivity index (χ3n) is 24.1. The van der Waals surface area contributed by atoms with Gasteiger partial charge < -0.3 is 38.0 Å². The van der Waals surface area contributed by atoms with E-state index in [1.165, 1.54) is 73.2 Å². The lowest BCUT2D eigenvalue weighted by Gasteiger charge is -2.43. The van der Waals surface area contributed by atoms with Crippen LogP contribution >= 0.6 is 38.6 Å². The van der Waals surface area contributed by atoms with Gasteiger partial charge in [-0.2, -0.15) is 10.5 Å². The van der Waals surface area contributed by atoms with Crippen molar-refractivity contribution < 1.29 is 46.4 Å². The molecule has 6 aliphatic heterocycles. The summed E-state index contributed by atoms with van der Waals surface area (Å²) in [4.78, 5) is 122. The number of hydrogen-bond donors (Lipinski definition) is 5. The number of rotatable bonds is 11. The van der Waals surface area contributed by atoms with Gasteiger partial charge in [0, 0.05) is 96.6 Å². The Balaban J connectivity index is 0.000000130. The zero-order valence-electron chi connectivity index (χ0n) is 70.4. The van der Waals surface area contributed by atoms with Crippen LogP contribution in [0.1, 0.15) is 126 Å². The number of furan rings is 1. The number of nitrogens with zero attached hydrogens (tertiary/aromatic N) is 16. The summed E-state index contributed by atoms with van der Waals surface area (Å²) in [7, 11) is 8.05. The molecule has 18 rings (SSSR count). The predicted molar refractivity (Wildman–Crippen MR) is 481 cm³/mol. The number of likely N-dealkylation sites (tertiary alicyclic amines) is 1. The van der Waals surface area contributed by atoms with Gasteiger partial charge in [-0.15, -0.1) is 22.7 Å². The highest BCUT2D eigenvalue weighted by Crippen LogP contribution is 2.53. The lowest BCUT2D eigenvalue weighted by Crippen LogP contribution is -2.54. The Labute approximate surface area is 740 Å². The highest BCUT2D eigenvalue weighted by molar-refractivity contribution is 9.10. The van der Waals surface area contributed by atoms with E-state index in [2.05, 4.69) is 45.9 Å². The van der Waals surface area contributed by atoms with Crippen molar-refractivity contribution in [3.05, 3.63) is 252 Å². The molecule has 34 heteroatoms. The van der Waals surface area contributed by atoms with E-state index in [-0.39, 0.29) is 100 Å². The van der Waals surface area contributed by atoms with Crippen molar-refractivity contribution in [1.29, 1.82) is 10.5 Å². The minimum atomic E-state index is -1.29. The molecule has 28 nitrogen and oxygen atoms in total. The van der Waals surface area contributed by atoms with Crippen LogP contribution in [0.5, 0.6) is 0 Å². The van der Waals surface area contributed by atoms with Crippen molar-refractivity contribution in [2.75, 3.05) is 48.3 Å². The third kappa shape index (κ3) is 17.0. The molecule has 1 saturated carbocycles. The number of aromatic nitrogens is 3. The van der Waals surface area contributed by atoms with E-state index < -0.39 is 51.1 Å². The Bertz CT molecular complexity index is 6480. The van der Waals surface area contributed by atoms with Crippen LogP contribution < -0.4 is 28.7 Å². The van der Waals surface area contributed by atoms with Crippen LogP contribution in [0.4, 0.5) is 13.2 Å². The number of piperidine rings is 1. The number of nitrogens with two attached hydrogens (primary N) is 5. The number of para-hydroxylation sites is 2. The van der Waals surface area contributed by atoms with Crippen molar-refractivity contribution in [3.63, 3.8) is 0 Å². The SMILES string of the molecule is CN1C(=O)C(C)(c2cc(Br)ccc2F)N=C1N.CN1C(=O)C(c2ccc3occc3c2)[C@@](C)(c2cc(-c3cnc4ccccc4n3)cs2)N=C1N.CN1C(=O)C[C@@](C)(C2CCCN(C(=O)c3ccccn3)C2)N=C1N.CN1C(=O)[C@](c2cccc(-c3ccc(F)c(C#N)c3)c2)(C2CC2)N=C1N.Cc1c(-c2ccc(F)c(C#N)c2)csc1[C@]1(C)CC(=O)N(C)C(N)=N1. The normalized spacial score (nSPS) is 22.8. The summed E-state index contributed by atoms with van der Waals surface area (Å²) in [6.07, 6.45) is 9.27. The number of benzene rings is 6. The van der Waals surface area contributed by atoms with Crippen LogP contribution in [-0.2, 0) is 46.1 Å². The highest BCUT2D eigenvalue weighted by atomic mass is 79.9. The number of carbonyl (C=O) groups is 6. The molecule has 7 atom stereocenters. The summed E-state index contributed by atoms with van der Waals surface area (Å²) in [6, 6.07) is 47.4. The van der Waals surface area contributed by atoms with Crippen LogP contribution in [0.2, 0.25) is 0 Å². The van der Waals surface area contributed by atoms with Gasteiger partial charge in [0.2, 0.25) is 17.7 Å². The maximum absolute atomic E-state index is 13.8. The number of likely N-dealkylation sites (N-methyl/N-ethyl adjacent to an activating group) is 3. The maximum Gasteiger partial charge on any atom is 0.272 e. The number of thiophene rings is 2. The fourth-order valence-electron chi connectivity index (χ4n) is 16.5. The molecule has 0 spiro atoms. The van der Waals surface area contributed by atoms with E-state index in [4.69, 9.17) is 53.6 Å². The number of carbonyl (C=O) groups excluding carboxylic acids is 6. The number of nitriles is 2. The zero-order valence-corrected chi connectivity index (χ0v) is 73.7. The van der Waals surface area contributed by atoms with Gasteiger partial charge in [0.05, 0.1) is 64.6 Å². The largest absolute Gasteiger partial charge is 0.464 e. The standard InChI is InChI=1S/C26H21N5O2S.C20H17FN4O.C18H17FN4OS.C17H23N5O2.C11H11BrFN3O/c1-26(22-12-17(14-34-22)20-13-28-18-5-3-4-6-19(18)29-20)23(24(32)31(2)25(27)30-26)16-7-8-21-15(11-16)9-10-33-21;1-25-18(26)20(15-6-7-15,24-19(25)23)16-4-2-3-12(10-16)13-5-8-17(21)14(9-13)11-22;1-10-13(11-4-5-14(19)12(6-11)8-20)9-25-16(10)18(2)7-15(24)23(3)17(21)22-18;1-17(10-14(23)21(2)16(18)20-17)12-6-5-9-22(11-12)15(24)13-7-3-4-8-19-13;1-11(9(17)16(2)10(14)15-11)7-5-6(12)3-4-8(7)13/h3-14,23H,1-2H3,(H2,27,30);2-5,8-10,15H,6-7H2,1H3,(H2,23,24);4-6,9H,7H2,1-3H3,(H2,21,22);3-4,7-8,12H,5-6,9-11H2,1-2H3,(H2,18,20);3-5H,1-2H3,(H2,14,15)/t23?,26-;20-;18-;12?,17-;/m1100./s1. The number of aliphatic imine (C=N–C) groups is 5. The van der Waals surface area contributed by atoms with E-state index in [1.807, 2.05) is 140 Å². The van der Waals surface area contributed by atoms with E-state index in [1.54, 1.807) is 102 Å². The molecule has 2 fully saturated rings. The molecule has 644 valence electrons. The van der Waals surface area contributed by atoms with Gasteiger partial charge in [0.1, 0.15) is 51.9 Å². The average Bonchev–Trinajstić information content (AvgIpc) is 1.54. The second-order valence-electron chi connectivity index (χ2n) is 32.4. The van der Waals surface area contributed by atoms with Gasteiger partial charge in [-0.1, -0.05) is 70.5 Å². The fourth-order valence-corrected chi connectivity index (χ4v) is 19.1. The molecule has 7 aliphatic rings. The van der Waals surface area contributed by atoms with Crippen LogP contribution in [0, 0.1) is 58.9 Å². The number of amides is 6. The molecular formula is C92H89BrF3N21O7S2. The summed E-state index contributed by atoms with van der Waals surface area (Å²) in [5.41, 5.74) is 35.7. The first-order valence-corrected chi connectivity index (χ1v) is 42.7. The summed E-state index contributed by atoms with van der Waals surface area (Å²) in [6.45, 7) is 10.6. The smallest absolute Gasteiger partial charge is 0.272 e. The molecule has 0 radical (unpaired) electrons. The molecule has 6 aromatic carbocycles. The van der Waals surface area contributed by atoms with Crippen molar-refractivity contribution in [2.45, 2.75) is 107 Å². The molecule has 11 heterocycles. The van der Waals surface area contributed by atoms with Gasteiger partial charge in [-0.3, -0.25) is 63.2 Å². The molecule has 3 unspecified atom stereocenters. The highest BCUT2D eigenvalue weighted by Gasteiger charge is 2.58. The minimum absolute atomic E-state index is 0.00703. The van der Waals surface area contributed by atoms with E-state index in [0.717, 1.165) is 102 Å². The maximum atomic E-state index is 13.8. The minimum Gasteiger partial charge on any atom is -0.464 e. The molecule has 1 aliphatic carbocycles. The van der Waals surface area contributed by atoms with Gasteiger partial charge in [-0.25, -0.2) is 43.1 Å². The molecular weight excluding hydrogens is 1710 g/mol.